The Morgan fingerprint density at radius 3 is 2.05 bits per heavy atom. The summed E-state index contributed by atoms with van der Waals surface area (Å²) in [6.07, 6.45) is 1.54. The first-order valence-corrected chi connectivity index (χ1v) is 12.6. The number of hydrogen-bond donors (Lipinski definition) is 2. The molecule has 2 atom stereocenters. The van der Waals surface area contributed by atoms with E-state index in [2.05, 4.69) is 10.6 Å². The average molecular weight is 517 g/mol. The van der Waals surface area contributed by atoms with Crippen LogP contribution in [-0.2, 0) is 35.3 Å². The third-order valence-corrected chi connectivity index (χ3v) is 6.14. The number of rotatable bonds is 8. The Kier molecular flexibility index (Phi) is 9.48. The largest absolute Gasteiger partial charge is 0.459 e. The van der Waals surface area contributed by atoms with Crippen LogP contribution in [0.15, 0.2) is 30.3 Å². The molecule has 1 aromatic carbocycles. The second-order valence-electron chi connectivity index (χ2n) is 10.2. The van der Waals surface area contributed by atoms with Gasteiger partial charge in [-0.25, -0.2) is 9.59 Å². The molecule has 2 fully saturated rings. The number of likely N-dealkylation sites (tertiary alicyclic amines) is 2. The van der Waals surface area contributed by atoms with Gasteiger partial charge in [-0.15, -0.1) is 0 Å². The fourth-order valence-corrected chi connectivity index (χ4v) is 4.42. The topological polar surface area (TPSA) is 134 Å². The number of hydrogen-bond acceptors (Lipinski definition) is 7. The lowest BCUT2D eigenvalue weighted by molar-refractivity contribution is -0.154. The number of amides is 4. The molecule has 0 bridgehead atoms. The molecule has 0 saturated carbocycles. The summed E-state index contributed by atoms with van der Waals surface area (Å²) in [7, 11) is 0. The highest BCUT2D eigenvalue weighted by Crippen LogP contribution is 2.20. The minimum Gasteiger partial charge on any atom is -0.459 e. The van der Waals surface area contributed by atoms with Crippen LogP contribution in [-0.4, -0.2) is 83.4 Å². The number of ether oxygens (including phenoxy) is 2. The van der Waals surface area contributed by atoms with E-state index in [1.807, 2.05) is 30.3 Å². The summed E-state index contributed by atoms with van der Waals surface area (Å²) in [5.41, 5.74) is 0.166. The van der Waals surface area contributed by atoms with Gasteiger partial charge in [0.1, 0.15) is 30.8 Å². The number of esters is 1. The molecule has 2 aliphatic heterocycles. The van der Waals surface area contributed by atoms with Crippen LogP contribution in [0.5, 0.6) is 0 Å². The highest BCUT2D eigenvalue weighted by Gasteiger charge is 2.37. The van der Waals surface area contributed by atoms with Gasteiger partial charge < -0.3 is 29.9 Å². The van der Waals surface area contributed by atoms with Gasteiger partial charge in [0.05, 0.1) is 6.54 Å². The molecule has 4 amide bonds. The standard InChI is InChI=1S/C26H36N4O7/c1-26(2,3)37-25(35)28-16-22(32)29-13-7-11-19(29)23(33)27-15-21(31)30-14-8-12-20(30)24(34)36-17-18-9-5-4-6-10-18/h4-6,9-10,19-20H,7-8,11-17H2,1-3H3,(H,27,33)(H,28,35)/t19-,20-/m0/s1. The summed E-state index contributed by atoms with van der Waals surface area (Å²) < 4.78 is 10.5. The van der Waals surface area contributed by atoms with E-state index in [4.69, 9.17) is 9.47 Å². The van der Waals surface area contributed by atoms with E-state index in [-0.39, 0.29) is 25.6 Å². The average Bonchev–Trinajstić information content (AvgIpc) is 3.54. The van der Waals surface area contributed by atoms with Gasteiger partial charge >= 0.3 is 12.1 Å². The zero-order chi connectivity index (χ0) is 27.0. The summed E-state index contributed by atoms with van der Waals surface area (Å²) in [5.74, 6) is -1.70. The zero-order valence-electron chi connectivity index (χ0n) is 21.7. The molecular weight excluding hydrogens is 480 g/mol. The maximum Gasteiger partial charge on any atom is 0.408 e. The van der Waals surface area contributed by atoms with Gasteiger partial charge in [-0.05, 0) is 52.0 Å². The molecule has 3 rings (SSSR count). The third kappa shape index (κ3) is 8.19. The minimum absolute atomic E-state index is 0.128. The van der Waals surface area contributed by atoms with Crippen molar-refractivity contribution in [3.05, 3.63) is 35.9 Å². The van der Waals surface area contributed by atoms with E-state index in [9.17, 15) is 24.0 Å². The summed E-state index contributed by atoms with van der Waals surface area (Å²) >= 11 is 0. The molecule has 0 radical (unpaired) electrons. The zero-order valence-corrected chi connectivity index (χ0v) is 21.7. The van der Waals surface area contributed by atoms with Crippen molar-refractivity contribution in [2.45, 2.75) is 70.7 Å². The Bertz CT molecular complexity index is 992. The molecule has 2 aliphatic rings. The normalized spacial score (nSPS) is 19.3. The minimum atomic E-state index is -0.731. The predicted molar refractivity (Wildman–Crippen MR) is 133 cm³/mol. The van der Waals surface area contributed by atoms with E-state index < -0.39 is 41.6 Å². The first kappa shape index (κ1) is 27.9. The van der Waals surface area contributed by atoms with Crippen LogP contribution in [0, 0.1) is 0 Å². The van der Waals surface area contributed by atoms with Crippen molar-refractivity contribution in [1.82, 2.24) is 20.4 Å². The fraction of sp³-hybridized carbons (Fsp3) is 0.577. The maximum atomic E-state index is 12.8. The van der Waals surface area contributed by atoms with Gasteiger partial charge in [0.25, 0.3) is 0 Å². The molecule has 0 unspecified atom stereocenters. The quantitative estimate of drug-likeness (QED) is 0.498. The molecule has 1 aromatic rings. The Morgan fingerprint density at radius 1 is 0.865 bits per heavy atom. The number of alkyl carbamates (subject to hydrolysis) is 1. The Hall–Kier alpha value is -3.63. The van der Waals surface area contributed by atoms with Crippen LogP contribution < -0.4 is 10.6 Å². The fourth-order valence-electron chi connectivity index (χ4n) is 4.42. The molecule has 0 spiro atoms. The molecule has 2 N–H and O–H groups in total. The summed E-state index contributed by atoms with van der Waals surface area (Å²) in [5, 5.41) is 5.02. The molecule has 2 saturated heterocycles. The van der Waals surface area contributed by atoms with Gasteiger partial charge in [0.15, 0.2) is 0 Å². The van der Waals surface area contributed by atoms with E-state index in [0.29, 0.717) is 38.8 Å². The van der Waals surface area contributed by atoms with Gasteiger partial charge in [-0.2, -0.15) is 0 Å². The van der Waals surface area contributed by atoms with Gasteiger partial charge in [0.2, 0.25) is 17.7 Å². The summed E-state index contributed by atoms with van der Waals surface area (Å²) in [4.78, 5) is 65.5. The lowest BCUT2D eigenvalue weighted by atomic mass is 10.2. The maximum absolute atomic E-state index is 12.8. The van der Waals surface area contributed by atoms with Crippen LogP contribution in [0.2, 0.25) is 0 Å². The Morgan fingerprint density at radius 2 is 1.43 bits per heavy atom. The molecule has 37 heavy (non-hydrogen) atoms. The molecular formula is C26H36N4O7. The number of nitrogens with one attached hydrogen (secondary N) is 2. The molecule has 11 nitrogen and oxygen atoms in total. The van der Waals surface area contributed by atoms with Crippen molar-refractivity contribution in [3.63, 3.8) is 0 Å². The number of benzene rings is 1. The summed E-state index contributed by atoms with van der Waals surface area (Å²) in [6.45, 7) is 5.49. The van der Waals surface area contributed by atoms with E-state index in [1.165, 1.54) is 9.80 Å². The van der Waals surface area contributed by atoms with E-state index in [1.54, 1.807) is 20.8 Å². The van der Waals surface area contributed by atoms with Crippen LogP contribution in [0.4, 0.5) is 4.79 Å². The number of nitrogens with zero attached hydrogens (tertiary/aromatic N) is 2. The van der Waals surface area contributed by atoms with Crippen molar-refractivity contribution in [3.8, 4) is 0 Å². The van der Waals surface area contributed by atoms with Crippen LogP contribution in [0.3, 0.4) is 0 Å². The van der Waals surface area contributed by atoms with Crippen molar-refractivity contribution < 1.29 is 33.4 Å². The van der Waals surface area contributed by atoms with Gasteiger partial charge in [-0.3, -0.25) is 14.4 Å². The molecule has 0 aromatic heterocycles. The van der Waals surface area contributed by atoms with Crippen molar-refractivity contribution in [2.24, 2.45) is 0 Å². The predicted octanol–water partition coefficient (Wildman–Crippen LogP) is 1.35. The monoisotopic (exact) mass is 516 g/mol. The van der Waals surface area contributed by atoms with Crippen LogP contribution in [0.1, 0.15) is 52.0 Å². The van der Waals surface area contributed by atoms with Crippen LogP contribution >= 0.6 is 0 Å². The highest BCUT2D eigenvalue weighted by molar-refractivity contribution is 5.93. The van der Waals surface area contributed by atoms with Crippen molar-refractivity contribution in [1.29, 1.82) is 0 Å². The number of carbonyl (C=O) groups is 5. The lowest BCUT2D eigenvalue weighted by Gasteiger charge is -2.26. The smallest absolute Gasteiger partial charge is 0.408 e. The SMILES string of the molecule is CC(C)(C)OC(=O)NCC(=O)N1CCC[C@H]1C(=O)NCC(=O)N1CCC[C@H]1C(=O)OCc1ccccc1. The molecule has 202 valence electrons. The first-order chi connectivity index (χ1) is 17.5. The van der Waals surface area contributed by atoms with Crippen molar-refractivity contribution >= 4 is 29.8 Å². The highest BCUT2D eigenvalue weighted by atomic mass is 16.6. The Labute approximate surface area is 216 Å². The molecule has 0 aliphatic carbocycles. The van der Waals surface area contributed by atoms with Crippen molar-refractivity contribution in [2.75, 3.05) is 26.2 Å². The lowest BCUT2D eigenvalue weighted by Crippen LogP contribution is -2.51. The van der Waals surface area contributed by atoms with E-state index in [0.717, 1.165) is 5.56 Å². The first-order valence-electron chi connectivity index (χ1n) is 12.6. The second kappa shape index (κ2) is 12.6. The van der Waals surface area contributed by atoms with Gasteiger partial charge in [-0.1, -0.05) is 30.3 Å². The third-order valence-electron chi connectivity index (χ3n) is 6.14. The van der Waals surface area contributed by atoms with E-state index >= 15 is 0 Å². The molecule has 11 heteroatoms. The second-order valence-corrected chi connectivity index (χ2v) is 10.2. The Balaban J connectivity index is 1.46. The number of carbonyl (C=O) groups excluding carboxylic acids is 5. The summed E-state index contributed by atoms with van der Waals surface area (Å²) in [6, 6.07) is 7.87. The van der Waals surface area contributed by atoms with Gasteiger partial charge in [0, 0.05) is 13.1 Å². The molecule has 2 heterocycles. The van der Waals surface area contributed by atoms with Crippen LogP contribution in [0.25, 0.3) is 0 Å².